The third-order valence-electron chi connectivity index (χ3n) is 0.249. The van der Waals surface area contributed by atoms with Crippen LogP contribution in [0.2, 0.25) is 0 Å². The van der Waals surface area contributed by atoms with Crippen LogP contribution in [0.5, 0.6) is 0 Å². The molecule has 0 fully saturated rings. The molecular formula is C2H8N8. The van der Waals surface area contributed by atoms with Crippen LogP contribution in [0.4, 0.5) is 0 Å². The predicted molar refractivity (Wildman–Crippen MR) is 35.7 cm³/mol. The van der Waals surface area contributed by atoms with Crippen LogP contribution < -0.4 is 11.7 Å². The number of rotatable bonds is 2. The monoisotopic (exact) mass is 144 g/mol. The summed E-state index contributed by atoms with van der Waals surface area (Å²) in [6.45, 7) is 0. The molecule has 6 N–H and O–H groups in total. The molecule has 0 aliphatic carbocycles. The van der Waals surface area contributed by atoms with E-state index in [4.69, 9.17) is 11.1 Å². The third kappa shape index (κ3) is 35.4. The van der Waals surface area contributed by atoms with Crippen LogP contribution in [0.15, 0.2) is 20.4 Å². The van der Waals surface area contributed by atoms with Crippen molar-refractivity contribution in [1.82, 2.24) is 0 Å². The molecule has 0 bridgehead atoms. The van der Waals surface area contributed by atoms with Gasteiger partial charge in [-0.2, -0.15) is 10.2 Å². The maximum Gasteiger partial charge on any atom is 0.156 e. The van der Waals surface area contributed by atoms with Crippen LogP contribution in [0.1, 0.15) is 0 Å². The van der Waals surface area contributed by atoms with E-state index < -0.39 is 0 Å². The lowest BCUT2D eigenvalue weighted by Gasteiger charge is -1.58. The van der Waals surface area contributed by atoms with E-state index in [-0.39, 0.29) is 0 Å². The molecule has 0 aromatic carbocycles. The highest BCUT2D eigenvalue weighted by Gasteiger charge is 1.44. The average molecular weight is 144 g/mol. The number of hydrazone groups is 2. The van der Waals surface area contributed by atoms with Gasteiger partial charge < -0.3 is 11.7 Å². The SMILES string of the molecule is N=NC=NN.N=NC=NN. The Kier molecular flexibility index (Phi) is 17.3. The first-order valence-corrected chi connectivity index (χ1v) is 2.00. The van der Waals surface area contributed by atoms with Crippen molar-refractivity contribution in [3.63, 3.8) is 0 Å². The Bertz CT molecular complexity index is 107. The van der Waals surface area contributed by atoms with Gasteiger partial charge in [-0.1, -0.05) is 0 Å². The molecule has 8 nitrogen and oxygen atoms in total. The fourth-order valence-corrected chi connectivity index (χ4v) is 0.0667. The number of nitrogens with one attached hydrogen (secondary N) is 2. The molecule has 0 aromatic rings. The minimum absolute atomic E-state index is 0.944. The smallest absolute Gasteiger partial charge is 0.156 e. The van der Waals surface area contributed by atoms with Crippen molar-refractivity contribution in [2.45, 2.75) is 0 Å². The van der Waals surface area contributed by atoms with E-state index in [2.05, 4.69) is 32.1 Å². The Hall–Kier alpha value is -1.86. The minimum Gasteiger partial charge on any atom is -0.322 e. The Morgan fingerprint density at radius 2 is 1.20 bits per heavy atom. The Morgan fingerprint density at radius 1 is 0.900 bits per heavy atom. The van der Waals surface area contributed by atoms with Gasteiger partial charge in [0.15, 0.2) is 12.7 Å². The molecule has 0 rings (SSSR count). The zero-order valence-electron chi connectivity index (χ0n) is 5.10. The molecule has 0 aliphatic rings. The van der Waals surface area contributed by atoms with Gasteiger partial charge in [0.1, 0.15) is 0 Å². The lowest BCUT2D eigenvalue weighted by atomic mass is 11.4. The van der Waals surface area contributed by atoms with Crippen molar-refractivity contribution in [2.24, 2.45) is 32.1 Å². The lowest BCUT2D eigenvalue weighted by molar-refractivity contribution is 1.17. The minimum atomic E-state index is 0.944. The third-order valence-corrected chi connectivity index (χ3v) is 0.249. The summed E-state index contributed by atoms with van der Waals surface area (Å²) in [7, 11) is 0. The standard InChI is InChI=1S/2CH4N4/c2*2-4-1-5-3/h2*1-2H,3H2. The summed E-state index contributed by atoms with van der Waals surface area (Å²) >= 11 is 0. The maximum absolute atomic E-state index is 6.00. The van der Waals surface area contributed by atoms with Gasteiger partial charge in [0.05, 0.1) is 0 Å². The predicted octanol–water partition coefficient (Wildman–Crippen LogP) is -0.161. The van der Waals surface area contributed by atoms with Gasteiger partial charge in [0.2, 0.25) is 0 Å². The van der Waals surface area contributed by atoms with E-state index in [1.165, 1.54) is 0 Å². The van der Waals surface area contributed by atoms with E-state index in [9.17, 15) is 0 Å². The normalized spacial score (nSPS) is 8.80. The zero-order chi connectivity index (χ0) is 8.24. The van der Waals surface area contributed by atoms with Crippen molar-refractivity contribution >= 4 is 12.7 Å². The van der Waals surface area contributed by atoms with Gasteiger partial charge in [-0.15, -0.1) is 10.2 Å². The quantitative estimate of drug-likeness (QED) is 0.140. The van der Waals surface area contributed by atoms with Crippen LogP contribution in [0.3, 0.4) is 0 Å². The fourth-order valence-electron chi connectivity index (χ4n) is 0.0667. The van der Waals surface area contributed by atoms with Crippen molar-refractivity contribution in [3.8, 4) is 0 Å². The van der Waals surface area contributed by atoms with Gasteiger partial charge in [-0.05, 0) is 0 Å². The van der Waals surface area contributed by atoms with Crippen LogP contribution in [0.25, 0.3) is 0 Å². The highest BCUT2D eigenvalue weighted by atomic mass is 15.2. The number of hydrogen-bond donors (Lipinski definition) is 4. The second-order valence-electron chi connectivity index (χ2n) is 0.787. The molecule has 10 heavy (non-hydrogen) atoms. The first-order valence-electron chi connectivity index (χ1n) is 2.00. The molecule has 0 radical (unpaired) electrons. The van der Waals surface area contributed by atoms with Crippen molar-refractivity contribution in [3.05, 3.63) is 0 Å². The number of nitrogens with two attached hydrogens (primary N) is 2. The molecule has 0 aromatic heterocycles. The van der Waals surface area contributed by atoms with Gasteiger partial charge in [0, 0.05) is 0 Å². The van der Waals surface area contributed by atoms with Gasteiger partial charge in [-0.3, -0.25) is 0 Å². The summed E-state index contributed by atoms with van der Waals surface area (Å²) in [5.74, 6) is 8.99. The molecular weight excluding hydrogens is 136 g/mol. The molecule has 0 amide bonds. The Balaban J connectivity index is 0. The summed E-state index contributed by atoms with van der Waals surface area (Å²) < 4.78 is 0. The first-order chi connectivity index (χ1) is 4.83. The van der Waals surface area contributed by atoms with E-state index in [0.717, 1.165) is 12.7 Å². The molecule has 8 heteroatoms. The second-order valence-corrected chi connectivity index (χ2v) is 0.787. The molecule has 0 atom stereocenters. The molecule has 0 aliphatic heterocycles. The number of hydrogen-bond acceptors (Lipinski definition) is 6. The van der Waals surface area contributed by atoms with E-state index in [0.29, 0.717) is 0 Å². The average Bonchev–Trinajstić information content (AvgIpc) is 1.93. The molecule has 0 unspecified atom stereocenters. The van der Waals surface area contributed by atoms with Crippen LogP contribution in [0, 0.1) is 11.1 Å². The fraction of sp³-hybridized carbons (Fsp3) is 0. The summed E-state index contributed by atoms with van der Waals surface area (Å²) in [6, 6.07) is 0. The molecule has 0 heterocycles. The Morgan fingerprint density at radius 3 is 1.20 bits per heavy atom. The highest BCUT2D eigenvalue weighted by molar-refractivity contribution is 5.53. The Labute approximate surface area is 57.0 Å². The van der Waals surface area contributed by atoms with Gasteiger partial charge in [-0.25, -0.2) is 11.1 Å². The van der Waals surface area contributed by atoms with E-state index >= 15 is 0 Å². The van der Waals surface area contributed by atoms with Crippen LogP contribution in [-0.4, -0.2) is 12.7 Å². The maximum atomic E-state index is 6.00. The lowest BCUT2D eigenvalue weighted by Crippen LogP contribution is -1.75. The first kappa shape index (κ1) is 11.0. The second kappa shape index (κ2) is 15.7. The summed E-state index contributed by atoms with van der Waals surface area (Å²) in [5, 5.41) is 11.1. The van der Waals surface area contributed by atoms with Crippen LogP contribution in [-0.2, 0) is 0 Å². The zero-order valence-corrected chi connectivity index (χ0v) is 5.10. The van der Waals surface area contributed by atoms with E-state index in [1.807, 2.05) is 0 Å². The topological polar surface area (TPSA) is 149 Å². The summed E-state index contributed by atoms with van der Waals surface area (Å²) in [4.78, 5) is 0. The van der Waals surface area contributed by atoms with E-state index in [1.54, 1.807) is 0 Å². The highest BCUT2D eigenvalue weighted by Crippen LogP contribution is 1.45. The summed E-state index contributed by atoms with van der Waals surface area (Å²) in [5.41, 5.74) is 12.0. The molecule has 56 valence electrons. The largest absolute Gasteiger partial charge is 0.322 e. The molecule has 0 spiro atoms. The van der Waals surface area contributed by atoms with Gasteiger partial charge >= 0.3 is 0 Å². The molecule has 0 saturated carbocycles. The van der Waals surface area contributed by atoms with Crippen molar-refractivity contribution in [2.75, 3.05) is 0 Å². The van der Waals surface area contributed by atoms with Crippen molar-refractivity contribution < 1.29 is 0 Å². The molecule has 0 saturated heterocycles. The summed E-state index contributed by atoms with van der Waals surface area (Å²) in [6.07, 6.45) is 1.89. The van der Waals surface area contributed by atoms with Crippen LogP contribution >= 0.6 is 0 Å². The van der Waals surface area contributed by atoms with Gasteiger partial charge in [0.25, 0.3) is 0 Å². The number of nitrogens with zero attached hydrogens (tertiary/aromatic N) is 4. The van der Waals surface area contributed by atoms with Crippen molar-refractivity contribution in [1.29, 1.82) is 11.1 Å².